The van der Waals surface area contributed by atoms with E-state index in [1.807, 2.05) is 81.4 Å². The van der Waals surface area contributed by atoms with Crippen LogP contribution in [0, 0.1) is 11.3 Å². The maximum absolute atomic E-state index is 14.2. The van der Waals surface area contributed by atoms with E-state index >= 15 is 0 Å². The first-order chi connectivity index (χ1) is 21.9. The molecule has 11 heteroatoms. The molecule has 1 unspecified atom stereocenters. The monoisotopic (exact) mass is 631 g/mol. The van der Waals surface area contributed by atoms with E-state index in [0.717, 1.165) is 16.8 Å². The van der Waals surface area contributed by atoms with Gasteiger partial charge in [0.2, 0.25) is 11.8 Å². The molecule has 2 fully saturated rings. The van der Waals surface area contributed by atoms with Gasteiger partial charge in [-0.1, -0.05) is 60.7 Å². The highest BCUT2D eigenvalue weighted by molar-refractivity contribution is 6.13. The van der Waals surface area contributed by atoms with Gasteiger partial charge in [-0.15, -0.1) is 0 Å². The van der Waals surface area contributed by atoms with Crippen molar-refractivity contribution in [3.8, 4) is 0 Å². The van der Waals surface area contributed by atoms with Crippen LogP contribution in [-0.4, -0.2) is 95.8 Å². The van der Waals surface area contributed by atoms with E-state index in [1.165, 1.54) is 5.01 Å². The zero-order valence-electron chi connectivity index (χ0n) is 27.2. The summed E-state index contributed by atoms with van der Waals surface area (Å²) < 4.78 is 11.5. The molecular weight excluding hydrogens is 586 g/mol. The van der Waals surface area contributed by atoms with Crippen molar-refractivity contribution in [2.75, 3.05) is 39.8 Å². The van der Waals surface area contributed by atoms with E-state index in [0.29, 0.717) is 45.3 Å². The van der Waals surface area contributed by atoms with Gasteiger partial charge in [0.15, 0.2) is 0 Å². The summed E-state index contributed by atoms with van der Waals surface area (Å²) >= 11 is 0. The van der Waals surface area contributed by atoms with Crippen molar-refractivity contribution in [2.45, 2.75) is 64.7 Å². The molecule has 0 bridgehead atoms. The maximum atomic E-state index is 14.2. The van der Waals surface area contributed by atoms with E-state index in [4.69, 9.17) is 9.47 Å². The summed E-state index contributed by atoms with van der Waals surface area (Å²) in [6, 6.07) is 18.5. The van der Waals surface area contributed by atoms with Crippen molar-refractivity contribution in [3.05, 3.63) is 71.8 Å². The Balaban J connectivity index is 1.29. The van der Waals surface area contributed by atoms with Gasteiger partial charge in [-0.05, 0) is 51.2 Å². The number of carbonyl (C=O) groups excluding carboxylic acids is 4. The number of fused-ring (bicyclic) bond motifs is 1. The van der Waals surface area contributed by atoms with E-state index < -0.39 is 23.2 Å². The van der Waals surface area contributed by atoms with Gasteiger partial charge in [0, 0.05) is 45.6 Å². The quantitative estimate of drug-likeness (QED) is 0.452. The molecule has 3 aliphatic heterocycles. The third kappa shape index (κ3) is 7.75. The minimum Gasteiger partial charge on any atom is -0.444 e. The highest BCUT2D eigenvalue weighted by atomic mass is 16.6. The van der Waals surface area contributed by atoms with Gasteiger partial charge in [0.05, 0.1) is 18.9 Å². The fraction of sp³-hybridized carbons (Fsp3) is 0.514. The first kappa shape index (κ1) is 33.1. The van der Waals surface area contributed by atoms with Crippen LogP contribution in [0.3, 0.4) is 0 Å². The number of likely N-dealkylation sites (tertiary alicyclic amines) is 2. The van der Waals surface area contributed by atoms with Crippen LogP contribution in [0.25, 0.3) is 0 Å². The van der Waals surface area contributed by atoms with E-state index in [-0.39, 0.29) is 43.4 Å². The van der Waals surface area contributed by atoms with Crippen molar-refractivity contribution in [3.63, 3.8) is 0 Å². The number of benzene rings is 2. The summed E-state index contributed by atoms with van der Waals surface area (Å²) in [6.07, 6.45) is 1.42. The minimum atomic E-state index is -0.960. The molecule has 0 aliphatic carbocycles. The second kappa shape index (κ2) is 14.0. The lowest BCUT2D eigenvalue weighted by atomic mass is 9.73. The first-order valence-corrected chi connectivity index (χ1v) is 16.0. The van der Waals surface area contributed by atoms with Gasteiger partial charge < -0.3 is 24.6 Å². The Morgan fingerprint density at radius 2 is 1.59 bits per heavy atom. The molecule has 0 radical (unpaired) electrons. The Hall–Kier alpha value is -4.25. The molecule has 3 heterocycles. The number of hydrazone groups is 1. The van der Waals surface area contributed by atoms with Crippen LogP contribution >= 0.6 is 0 Å². The van der Waals surface area contributed by atoms with Crippen molar-refractivity contribution < 1.29 is 28.7 Å². The SMILES string of the molecule is CN1N=C2CCN(C(=O)[C@@H](COCc3ccccc3)NC(=O)C3CCN(C(=O)OC(C)(C)C)CC3)CC2(Cc2ccccc2)C1=O. The lowest BCUT2D eigenvalue weighted by Gasteiger charge is -2.41. The largest absolute Gasteiger partial charge is 0.444 e. The topological polar surface area (TPSA) is 121 Å². The minimum absolute atomic E-state index is 0.0206. The average Bonchev–Trinajstić information content (AvgIpc) is 3.28. The Bertz CT molecular complexity index is 1430. The van der Waals surface area contributed by atoms with Crippen LogP contribution in [0.15, 0.2) is 65.8 Å². The summed E-state index contributed by atoms with van der Waals surface area (Å²) in [4.78, 5) is 57.2. The van der Waals surface area contributed by atoms with Crippen LogP contribution in [0.5, 0.6) is 0 Å². The molecule has 2 saturated heterocycles. The summed E-state index contributed by atoms with van der Waals surface area (Å²) in [5.74, 6) is -1.04. The molecule has 46 heavy (non-hydrogen) atoms. The van der Waals surface area contributed by atoms with Crippen LogP contribution < -0.4 is 5.32 Å². The summed E-state index contributed by atoms with van der Waals surface area (Å²) in [5.41, 5.74) is 1.16. The number of rotatable bonds is 9. The number of nitrogens with zero attached hydrogens (tertiary/aromatic N) is 4. The van der Waals surface area contributed by atoms with Gasteiger partial charge in [0.25, 0.3) is 5.91 Å². The molecular formula is C35H45N5O6. The molecule has 0 saturated carbocycles. The van der Waals surface area contributed by atoms with Crippen LogP contribution in [0.2, 0.25) is 0 Å². The summed E-state index contributed by atoms with van der Waals surface area (Å²) in [5, 5.41) is 8.93. The number of amides is 4. The number of hydrogen-bond acceptors (Lipinski definition) is 7. The Kier molecular flexibility index (Phi) is 10.1. The molecule has 11 nitrogen and oxygen atoms in total. The Morgan fingerprint density at radius 1 is 0.957 bits per heavy atom. The molecule has 0 spiro atoms. The zero-order valence-corrected chi connectivity index (χ0v) is 27.2. The summed E-state index contributed by atoms with van der Waals surface area (Å²) in [6.45, 7) is 7.06. The molecule has 2 aromatic carbocycles. The molecule has 2 aromatic rings. The van der Waals surface area contributed by atoms with Crippen molar-refractivity contribution >= 4 is 29.5 Å². The number of hydrogen-bond donors (Lipinski definition) is 1. The molecule has 246 valence electrons. The molecule has 0 aromatic heterocycles. The fourth-order valence-electron chi connectivity index (χ4n) is 6.42. The predicted octanol–water partition coefficient (Wildman–Crippen LogP) is 3.62. The normalized spacial score (nSPS) is 21.0. The predicted molar refractivity (Wildman–Crippen MR) is 173 cm³/mol. The maximum Gasteiger partial charge on any atom is 0.410 e. The van der Waals surface area contributed by atoms with Gasteiger partial charge in [0.1, 0.15) is 17.1 Å². The second-order valence-electron chi connectivity index (χ2n) is 13.4. The lowest BCUT2D eigenvalue weighted by Crippen LogP contribution is -2.60. The number of piperidine rings is 2. The fourth-order valence-corrected chi connectivity index (χ4v) is 6.42. The number of ether oxygens (including phenoxy) is 2. The van der Waals surface area contributed by atoms with Crippen LogP contribution in [0.1, 0.15) is 51.2 Å². The molecule has 3 aliphatic rings. The van der Waals surface area contributed by atoms with E-state index in [9.17, 15) is 19.2 Å². The standard InChI is InChI=1S/C35H45N5O6/c1-34(2,3)46-33(44)39-18-15-27(16-19-39)30(41)36-28(23-45-22-26-13-9-6-10-14-26)31(42)40-20-17-29-35(24-40,32(43)38(4)37-29)21-25-11-7-5-8-12-25/h5-14,27-28H,15-24H2,1-4H3,(H,36,41)/t28-,35?/m1/s1. The highest BCUT2D eigenvalue weighted by Crippen LogP contribution is 2.38. The summed E-state index contributed by atoms with van der Waals surface area (Å²) in [7, 11) is 1.65. The number of nitrogens with one attached hydrogen (secondary N) is 1. The van der Waals surface area contributed by atoms with E-state index in [1.54, 1.807) is 16.8 Å². The first-order valence-electron chi connectivity index (χ1n) is 16.0. The second-order valence-corrected chi connectivity index (χ2v) is 13.4. The smallest absolute Gasteiger partial charge is 0.410 e. The molecule has 2 atom stereocenters. The third-order valence-corrected chi connectivity index (χ3v) is 8.79. The van der Waals surface area contributed by atoms with E-state index in [2.05, 4.69) is 10.4 Å². The van der Waals surface area contributed by atoms with Gasteiger partial charge >= 0.3 is 6.09 Å². The molecule has 1 N–H and O–H groups in total. The average molecular weight is 632 g/mol. The zero-order chi connectivity index (χ0) is 32.9. The van der Waals surface area contributed by atoms with Gasteiger partial charge in [-0.3, -0.25) is 14.4 Å². The van der Waals surface area contributed by atoms with Crippen LogP contribution in [-0.2, 0) is 36.9 Å². The lowest BCUT2D eigenvalue weighted by molar-refractivity contribution is -0.144. The van der Waals surface area contributed by atoms with Crippen molar-refractivity contribution in [1.82, 2.24) is 20.1 Å². The highest BCUT2D eigenvalue weighted by Gasteiger charge is 2.54. The Labute approximate surface area is 270 Å². The molecule has 4 amide bonds. The van der Waals surface area contributed by atoms with Gasteiger partial charge in [-0.25, -0.2) is 9.80 Å². The van der Waals surface area contributed by atoms with Gasteiger partial charge in [-0.2, -0.15) is 5.10 Å². The number of carbonyl (C=O) groups is 4. The van der Waals surface area contributed by atoms with Crippen molar-refractivity contribution in [2.24, 2.45) is 16.4 Å². The van der Waals surface area contributed by atoms with Crippen LogP contribution in [0.4, 0.5) is 4.79 Å². The molecule has 5 rings (SSSR count). The Morgan fingerprint density at radius 3 is 2.22 bits per heavy atom. The van der Waals surface area contributed by atoms with Crippen molar-refractivity contribution in [1.29, 1.82) is 0 Å². The third-order valence-electron chi connectivity index (χ3n) is 8.79.